The number of rotatable bonds is 4. The van der Waals surface area contributed by atoms with Gasteiger partial charge in [0.1, 0.15) is 5.75 Å². The number of benzene rings is 1. The Balaban J connectivity index is 2.45. The molecule has 2 N–H and O–H groups in total. The van der Waals surface area contributed by atoms with Crippen LogP contribution in [0.3, 0.4) is 0 Å². The Hall–Kier alpha value is -1.52. The molecule has 0 aliphatic rings. The van der Waals surface area contributed by atoms with Crippen LogP contribution in [0.15, 0.2) is 22.7 Å². The van der Waals surface area contributed by atoms with Crippen LogP contribution >= 0.6 is 11.6 Å². The summed E-state index contributed by atoms with van der Waals surface area (Å²) in [5.41, 5.74) is 8.06. The molecule has 0 fully saturated rings. The lowest BCUT2D eigenvalue weighted by molar-refractivity contribution is 0.403. The molecule has 2 aromatic rings. The maximum Gasteiger partial charge on any atom is 0.170 e. The molecular formula is C13H15ClN2O2. The van der Waals surface area contributed by atoms with E-state index in [2.05, 4.69) is 5.16 Å². The fourth-order valence-electron chi connectivity index (χ4n) is 1.72. The molecule has 0 aliphatic carbocycles. The van der Waals surface area contributed by atoms with Crippen molar-refractivity contribution in [3.8, 4) is 17.1 Å². The van der Waals surface area contributed by atoms with Crippen molar-refractivity contribution < 1.29 is 9.26 Å². The van der Waals surface area contributed by atoms with Gasteiger partial charge in [-0.1, -0.05) is 16.8 Å². The van der Waals surface area contributed by atoms with E-state index in [9.17, 15) is 0 Å². The number of nitrogens with zero attached hydrogens (tertiary/aromatic N) is 1. The van der Waals surface area contributed by atoms with Gasteiger partial charge in [-0.2, -0.15) is 0 Å². The summed E-state index contributed by atoms with van der Waals surface area (Å²) in [5.74, 6) is 1.35. The van der Waals surface area contributed by atoms with Crippen molar-refractivity contribution >= 4 is 11.6 Å². The molecule has 0 amide bonds. The molecule has 5 heteroatoms. The first-order valence-corrected chi connectivity index (χ1v) is 6.03. The second-order valence-corrected chi connectivity index (χ2v) is 4.43. The van der Waals surface area contributed by atoms with E-state index in [1.165, 1.54) is 0 Å². The fraction of sp³-hybridized carbons (Fsp3) is 0.308. The molecule has 0 aliphatic heterocycles. The molecule has 1 aromatic heterocycles. The van der Waals surface area contributed by atoms with Crippen molar-refractivity contribution in [1.29, 1.82) is 0 Å². The maximum absolute atomic E-state index is 6.12. The number of aryl methyl sites for hydroxylation is 1. The normalized spacial score (nSPS) is 10.7. The average Bonchev–Trinajstić information content (AvgIpc) is 2.81. The van der Waals surface area contributed by atoms with Gasteiger partial charge >= 0.3 is 0 Å². The number of nitrogens with two attached hydrogens (primary N) is 1. The molecule has 1 heterocycles. The first-order chi connectivity index (χ1) is 8.65. The standard InChI is InChI=1S/C13H15ClN2O2/c1-8-5-12(17-2)10(7-11(8)14)13-6-9(3-4-15)16-18-13/h5-7H,3-4,15H2,1-2H3. The highest BCUT2D eigenvalue weighted by atomic mass is 35.5. The van der Waals surface area contributed by atoms with Gasteiger partial charge < -0.3 is 15.0 Å². The molecule has 0 bridgehead atoms. The predicted octanol–water partition coefficient (Wildman–Crippen LogP) is 2.81. The van der Waals surface area contributed by atoms with Crippen LogP contribution in [-0.2, 0) is 6.42 Å². The lowest BCUT2D eigenvalue weighted by Crippen LogP contribution is -2.02. The molecule has 0 atom stereocenters. The van der Waals surface area contributed by atoms with E-state index in [4.69, 9.17) is 26.6 Å². The summed E-state index contributed by atoms with van der Waals surface area (Å²) in [5, 5.41) is 4.63. The zero-order chi connectivity index (χ0) is 13.1. The molecule has 4 nitrogen and oxygen atoms in total. The van der Waals surface area contributed by atoms with Crippen LogP contribution in [0.5, 0.6) is 5.75 Å². The first kappa shape index (κ1) is 12.9. The van der Waals surface area contributed by atoms with Crippen molar-refractivity contribution in [3.63, 3.8) is 0 Å². The molecule has 0 saturated heterocycles. The minimum absolute atomic E-state index is 0.539. The van der Waals surface area contributed by atoms with Crippen LogP contribution in [0.2, 0.25) is 5.02 Å². The highest BCUT2D eigenvalue weighted by Crippen LogP contribution is 2.34. The van der Waals surface area contributed by atoms with Gasteiger partial charge in [-0.25, -0.2) is 0 Å². The van der Waals surface area contributed by atoms with Crippen molar-refractivity contribution in [1.82, 2.24) is 5.16 Å². The van der Waals surface area contributed by atoms with Gasteiger partial charge in [0.15, 0.2) is 5.76 Å². The molecule has 96 valence electrons. The molecule has 2 rings (SSSR count). The zero-order valence-corrected chi connectivity index (χ0v) is 11.1. The van der Waals surface area contributed by atoms with E-state index in [0.717, 1.165) is 16.8 Å². The van der Waals surface area contributed by atoms with Crippen LogP contribution in [0, 0.1) is 6.92 Å². The molecule has 0 saturated carbocycles. The number of halogens is 1. The Morgan fingerprint density at radius 3 is 2.83 bits per heavy atom. The van der Waals surface area contributed by atoms with Gasteiger partial charge in [0.2, 0.25) is 0 Å². The van der Waals surface area contributed by atoms with Crippen LogP contribution in [-0.4, -0.2) is 18.8 Å². The van der Waals surface area contributed by atoms with Crippen molar-refractivity contribution in [2.24, 2.45) is 5.73 Å². The molecule has 1 aromatic carbocycles. The van der Waals surface area contributed by atoms with Crippen LogP contribution in [0.1, 0.15) is 11.3 Å². The Labute approximate surface area is 111 Å². The molecule has 0 spiro atoms. The van der Waals surface area contributed by atoms with Crippen LogP contribution in [0.25, 0.3) is 11.3 Å². The van der Waals surface area contributed by atoms with E-state index >= 15 is 0 Å². The second-order valence-electron chi connectivity index (χ2n) is 4.02. The SMILES string of the molecule is COc1cc(C)c(Cl)cc1-c1cc(CCN)no1. The summed E-state index contributed by atoms with van der Waals surface area (Å²) in [7, 11) is 1.61. The van der Waals surface area contributed by atoms with Gasteiger partial charge in [0, 0.05) is 17.5 Å². The summed E-state index contributed by atoms with van der Waals surface area (Å²) < 4.78 is 10.6. The summed E-state index contributed by atoms with van der Waals surface area (Å²) in [6.45, 7) is 2.46. The van der Waals surface area contributed by atoms with E-state index in [1.807, 2.05) is 25.1 Å². The van der Waals surface area contributed by atoms with E-state index < -0.39 is 0 Å². The van der Waals surface area contributed by atoms with Gasteiger partial charge in [0.25, 0.3) is 0 Å². The average molecular weight is 267 g/mol. The smallest absolute Gasteiger partial charge is 0.170 e. The molecule has 18 heavy (non-hydrogen) atoms. The molecule has 0 unspecified atom stereocenters. The Morgan fingerprint density at radius 1 is 1.39 bits per heavy atom. The Morgan fingerprint density at radius 2 is 2.17 bits per heavy atom. The second kappa shape index (κ2) is 5.42. The largest absolute Gasteiger partial charge is 0.496 e. The number of methoxy groups -OCH3 is 1. The van der Waals surface area contributed by atoms with E-state index in [1.54, 1.807) is 7.11 Å². The highest BCUT2D eigenvalue weighted by Gasteiger charge is 2.14. The number of hydrogen-bond acceptors (Lipinski definition) is 4. The number of hydrogen-bond donors (Lipinski definition) is 1. The summed E-state index contributed by atoms with van der Waals surface area (Å²) in [4.78, 5) is 0. The zero-order valence-electron chi connectivity index (χ0n) is 10.4. The van der Waals surface area contributed by atoms with Gasteiger partial charge in [0.05, 0.1) is 18.4 Å². The van der Waals surface area contributed by atoms with Crippen LogP contribution < -0.4 is 10.5 Å². The fourth-order valence-corrected chi connectivity index (χ4v) is 1.88. The monoisotopic (exact) mass is 266 g/mol. The van der Waals surface area contributed by atoms with Gasteiger partial charge in [-0.15, -0.1) is 0 Å². The lowest BCUT2D eigenvalue weighted by Gasteiger charge is -2.08. The minimum Gasteiger partial charge on any atom is -0.496 e. The lowest BCUT2D eigenvalue weighted by atomic mass is 10.1. The van der Waals surface area contributed by atoms with E-state index in [0.29, 0.717) is 29.5 Å². The quantitative estimate of drug-likeness (QED) is 0.924. The highest BCUT2D eigenvalue weighted by molar-refractivity contribution is 6.31. The number of ether oxygens (including phenoxy) is 1. The third-order valence-electron chi connectivity index (χ3n) is 2.71. The third kappa shape index (κ3) is 2.49. The van der Waals surface area contributed by atoms with Crippen molar-refractivity contribution in [2.75, 3.05) is 13.7 Å². The Bertz CT molecular complexity index is 552. The minimum atomic E-state index is 0.539. The van der Waals surface area contributed by atoms with Gasteiger partial charge in [-0.3, -0.25) is 0 Å². The topological polar surface area (TPSA) is 61.3 Å². The van der Waals surface area contributed by atoms with Crippen molar-refractivity contribution in [2.45, 2.75) is 13.3 Å². The molecular weight excluding hydrogens is 252 g/mol. The van der Waals surface area contributed by atoms with Gasteiger partial charge in [-0.05, 0) is 31.2 Å². The third-order valence-corrected chi connectivity index (χ3v) is 3.11. The first-order valence-electron chi connectivity index (χ1n) is 5.66. The Kier molecular flexibility index (Phi) is 3.89. The molecule has 0 radical (unpaired) electrons. The number of aromatic nitrogens is 1. The van der Waals surface area contributed by atoms with E-state index in [-0.39, 0.29) is 0 Å². The summed E-state index contributed by atoms with van der Waals surface area (Å²) >= 11 is 6.12. The predicted molar refractivity (Wildman–Crippen MR) is 71.0 cm³/mol. The van der Waals surface area contributed by atoms with Crippen molar-refractivity contribution in [3.05, 3.63) is 34.5 Å². The van der Waals surface area contributed by atoms with Crippen LogP contribution in [0.4, 0.5) is 0 Å². The summed E-state index contributed by atoms with van der Waals surface area (Å²) in [6, 6.07) is 5.56. The maximum atomic E-state index is 6.12. The summed E-state index contributed by atoms with van der Waals surface area (Å²) in [6.07, 6.45) is 0.686.